The van der Waals surface area contributed by atoms with Gasteiger partial charge in [-0.3, -0.25) is 0 Å². The van der Waals surface area contributed by atoms with Gasteiger partial charge in [-0.15, -0.1) is 0 Å². The van der Waals surface area contributed by atoms with Crippen LogP contribution >= 0.6 is 0 Å². The molecule has 14 aromatic rings. The van der Waals surface area contributed by atoms with Gasteiger partial charge in [0.1, 0.15) is 0 Å². The first-order valence-corrected chi connectivity index (χ1v) is 34.1. The summed E-state index contributed by atoms with van der Waals surface area (Å²) < 4.78 is 0. The molecule has 7 nitrogen and oxygen atoms in total. The number of H-pyrrole nitrogens is 7. The fraction of sp³-hybridized carbons (Fsp3) is 0.341. The third-order valence-corrected chi connectivity index (χ3v) is 15.6. The largest absolute Gasteiger partial charge is 0.361 e. The van der Waals surface area contributed by atoms with Crippen molar-refractivity contribution in [3.8, 4) is 0 Å². The maximum absolute atomic E-state index is 3.26. The standard InChI is InChI=1S/C11H13N.6C10H11N.7C2H6/c1-7-6-10-4-5-12-11(10)9(3)8(7)2;1-7-5-9-3-4-11-10(9)6-8(7)2;1-7-5-8(2)9-3-4-11-10(9)6-7;1-7-5-8(2)10-9(6-7)3-4-11-10;1-7-3-4-10-9(8(7)2)5-6-11-10;1-7-3-4-9-5-6-11-10(9)8(7)2;1-7-3-4-8(2)10-9(7)5-6-11-10;7*1-2/h4-6,12H,1-3H3;6*3-6,11H,1-2H3;7*1-2H3. The lowest BCUT2D eigenvalue weighted by Gasteiger charge is -2.05. The molecule has 0 spiro atoms. The van der Waals surface area contributed by atoms with Crippen molar-refractivity contribution in [2.75, 3.05) is 0 Å². The molecule has 496 valence electrons. The lowest BCUT2D eigenvalue weighted by atomic mass is 10.0. The second-order valence-electron chi connectivity index (χ2n) is 21.3. The van der Waals surface area contributed by atoms with Crippen LogP contribution in [0.25, 0.3) is 76.3 Å². The van der Waals surface area contributed by atoms with Crippen LogP contribution in [0.4, 0.5) is 0 Å². The predicted octanol–water partition coefficient (Wildman–Crippen LogP) is 27.0. The fourth-order valence-electron chi connectivity index (χ4n) is 10.3. The summed E-state index contributed by atoms with van der Waals surface area (Å²) in [5.74, 6) is 0. The summed E-state index contributed by atoms with van der Waals surface area (Å²) in [4.78, 5) is 22.5. The average Bonchev–Trinajstić information content (AvgIpc) is 2.29. The molecule has 0 radical (unpaired) electrons. The van der Waals surface area contributed by atoms with Gasteiger partial charge in [0.2, 0.25) is 0 Å². The second kappa shape index (κ2) is 43.2. The summed E-state index contributed by atoms with van der Waals surface area (Å²) >= 11 is 0. The van der Waals surface area contributed by atoms with E-state index in [4.69, 9.17) is 0 Å². The van der Waals surface area contributed by atoms with Crippen molar-refractivity contribution in [2.24, 2.45) is 0 Å². The van der Waals surface area contributed by atoms with E-state index in [0.717, 1.165) is 0 Å². The van der Waals surface area contributed by atoms with Gasteiger partial charge < -0.3 is 34.9 Å². The van der Waals surface area contributed by atoms with Crippen LogP contribution in [-0.4, -0.2) is 34.9 Å². The molecule has 7 heteroatoms. The summed E-state index contributed by atoms with van der Waals surface area (Å²) in [5.41, 5.74) is 29.0. The van der Waals surface area contributed by atoms with E-state index in [9.17, 15) is 0 Å². The molecule has 0 saturated heterocycles. The lowest BCUT2D eigenvalue weighted by molar-refractivity contribution is 1.28. The molecule has 0 fully saturated rings. The van der Waals surface area contributed by atoms with Crippen LogP contribution in [-0.2, 0) is 0 Å². The van der Waals surface area contributed by atoms with Crippen molar-refractivity contribution in [3.63, 3.8) is 0 Å². The number of nitrogens with one attached hydrogen (secondary N) is 7. The van der Waals surface area contributed by atoms with Crippen LogP contribution in [0.3, 0.4) is 0 Å². The minimum absolute atomic E-state index is 1.23. The van der Waals surface area contributed by atoms with E-state index in [-0.39, 0.29) is 0 Å². The number of hydrogen-bond donors (Lipinski definition) is 7. The molecular weight excluding hydrogens is 1120 g/mol. The Balaban J connectivity index is 0.000000519. The normalized spacial score (nSPS) is 9.58. The number of aryl methyl sites for hydroxylation is 14. The molecule has 7 heterocycles. The van der Waals surface area contributed by atoms with E-state index >= 15 is 0 Å². The SMILES string of the molecule is CC.CC.CC.CC.CC.CC.CC.Cc1cc(C)c2[nH]ccc2c1.Cc1cc(C)c2cc[nH]c2c1.Cc1cc2cc[nH]c2c(C)c1C.Cc1cc2cc[nH]c2cc1C.Cc1ccc(C)c2[nH]ccc12.Cc1ccc2[nH]ccc2c1C.Cc1ccc2cc[nH]c2c1C. The highest BCUT2D eigenvalue weighted by Gasteiger charge is 2.05. The van der Waals surface area contributed by atoms with Crippen molar-refractivity contribution in [2.45, 2.75) is 201 Å². The number of aromatic nitrogens is 7. The van der Waals surface area contributed by atoms with Crippen molar-refractivity contribution in [1.29, 1.82) is 0 Å². The van der Waals surface area contributed by atoms with Gasteiger partial charge in [-0.1, -0.05) is 145 Å². The number of aromatic amines is 7. The zero-order valence-corrected chi connectivity index (χ0v) is 62.6. The molecule has 0 unspecified atom stereocenters. The Morgan fingerprint density at radius 1 is 0.185 bits per heavy atom. The van der Waals surface area contributed by atoms with Crippen LogP contribution in [0.1, 0.15) is 180 Å². The van der Waals surface area contributed by atoms with Gasteiger partial charge in [-0.25, -0.2) is 0 Å². The van der Waals surface area contributed by atoms with Crippen LogP contribution in [0.15, 0.2) is 165 Å². The number of benzene rings is 7. The fourth-order valence-corrected chi connectivity index (χ4v) is 10.3. The summed E-state index contributed by atoms with van der Waals surface area (Å²) in [7, 11) is 0. The molecule has 7 aromatic carbocycles. The number of fused-ring (bicyclic) bond motifs is 7. The Morgan fingerprint density at radius 3 is 1.21 bits per heavy atom. The molecule has 0 aliphatic carbocycles. The van der Waals surface area contributed by atoms with Crippen LogP contribution in [0.5, 0.6) is 0 Å². The maximum Gasteiger partial charge on any atom is 0.0486 e. The van der Waals surface area contributed by atoms with Gasteiger partial charge in [0.05, 0.1) is 0 Å². The first-order valence-electron chi connectivity index (χ1n) is 34.1. The average molecular weight is 1240 g/mol. The Kier molecular flexibility index (Phi) is 38.1. The molecule has 14 rings (SSSR count). The topological polar surface area (TPSA) is 111 Å². The molecule has 0 aliphatic heterocycles. The summed E-state index contributed by atoms with van der Waals surface area (Å²) in [6, 6.07) is 43.1. The smallest absolute Gasteiger partial charge is 0.0486 e. The minimum Gasteiger partial charge on any atom is -0.361 e. The molecule has 7 aromatic heterocycles. The van der Waals surface area contributed by atoms with Crippen LogP contribution in [0, 0.1) is 104 Å². The van der Waals surface area contributed by atoms with Gasteiger partial charge in [-0.05, 0) is 282 Å². The van der Waals surface area contributed by atoms with Crippen molar-refractivity contribution in [3.05, 3.63) is 248 Å². The summed E-state index contributed by atoms with van der Waals surface area (Å²) in [6.07, 6.45) is 13.9. The van der Waals surface area contributed by atoms with Crippen molar-refractivity contribution < 1.29 is 0 Å². The molecule has 0 atom stereocenters. The van der Waals surface area contributed by atoms with Crippen molar-refractivity contribution >= 4 is 76.3 Å². The highest BCUT2D eigenvalue weighted by molar-refractivity contribution is 5.88. The van der Waals surface area contributed by atoms with E-state index < -0.39 is 0 Å². The maximum atomic E-state index is 3.26. The molecule has 92 heavy (non-hydrogen) atoms. The molecular formula is C85H121N7. The van der Waals surface area contributed by atoms with Gasteiger partial charge in [0.25, 0.3) is 0 Å². The minimum atomic E-state index is 1.23. The summed E-state index contributed by atoms with van der Waals surface area (Å²) in [6.45, 7) is 60.1. The van der Waals surface area contributed by atoms with Crippen LogP contribution in [0.2, 0.25) is 0 Å². The molecule has 0 bridgehead atoms. The quantitative estimate of drug-likeness (QED) is 0.0785. The predicted molar refractivity (Wildman–Crippen MR) is 419 cm³/mol. The Bertz CT molecular complexity index is 4050. The molecule has 0 aliphatic rings. The zero-order valence-electron chi connectivity index (χ0n) is 62.6. The van der Waals surface area contributed by atoms with Gasteiger partial charge in [-0.2, -0.15) is 0 Å². The summed E-state index contributed by atoms with van der Waals surface area (Å²) in [5, 5.41) is 9.23. The first kappa shape index (κ1) is 81.3. The number of rotatable bonds is 0. The highest BCUT2D eigenvalue weighted by Crippen LogP contribution is 2.25. The Labute approximate surface area is 557 Å². The Morgan fingerprint density at radius 2 is 0.587 bits per heavy atom. The first-order chi connectivity index (χ1) is 44.4. The molecule has 0 amide bonds. The van der Waals surface area contributed by atoms with E-state index in [1.807, 2.05) is 140 Å². The Hall–Kier alpha value is -8.68. The van der Waals surface area contributed by atoms with Crippen LogP contribution < -0.4 is 0 Å². The van der Waals surface area contributed by atoms with E-state index in [2.05, 4.69) is 260 Å². The van der Waals surface area contributed by atoms with E-state index in [1.165, 1.54) is 160 Å². The second-order valence-corrected chi connectivity index (χ2v) is 21.3. The monoisotopic (exact) mass is 1240 g/mol. The molecule has 0 saturated carbocycles. The zero-order chi connectivity index (χ0) is 69.8. The van der Waals surface area contributed by atoms with E-state index in [1.54, 1.807) is 0 Å². The van der Waals surface area contributed by atoms with E-state index in [0.29, 0.717) is 0 Å². The van der Waals surface area contributed by atoms with Gasteiger partial charge in [0, 0.05) is 98.2 Å². The third-order valence-electron chi connectivity index (χ3n) is 15.6. The molecule has 7 N–H and O–H groups in total. The lowest BCUT2D eigenvalue weighted by Crippen LogP contribution is -1.87. The van der Waals surface area contributed by atoms with Crippen molar-refractivity contribution in [1.82, 2.24) is 34.9 Å². The highest BCUT2D eigenvalue weighted by atomic mass is 14.7. The van der Waals surface area contributed by atoms with Gasteiger partial charge in [0.15, 0.2) is 0 Å². The third kappa shape index (κ3) is 22.6. The number of hydrogen-bond acceptors (Lipinski definition) is 0. The van der Waals surface area contributed by atoms with Gasteiger partial charge >= 0.3 is 0 Å².